The second-order valence-corrected chi connectivity index (χ2v) is 10.8. The fourth-order valence-corrected chi connectivity index (χ4v) is 4.37. The number of unbranched alkanes of at least 4 members (excludes halogenated alkanes) is 4. The summed E-state index contributed by atoms with van der Waals surface area (Å²) in [5.41, 5.74) is -0.494. The minimum absolute atomic E-state index is 0.0121. The first-order chi connectivity index (χ1) is 17.0. The van der Waals surface area contributed by atoms with Gasteiger partial charge >= 0.3 is 6.09 Å². The molecule has 1 saturated heterocycles. The highest BCUT2D eigenvalue weighted by Gasteiger charge is 2.29. The standard InChI is InChI=1S/C27H43N3O6/c1-27(2,3)36-26(35)29-19-16-21(20-29)12-13-22(31)10-6-4-8-17-28-23(32)11-7-5-9-18-30-24(33)14-15-25(30)34/h14-15,21H,4-13,16-20H2,1-3H3,(H,28,32)/t21-/m0/s1. The van der Waals surface area contributed by atoms with Crippen LogP contribution < -0.4 is 5.32 Å². The molecule has 0 aliphatic carbocycles. The quantitative estimate of drug-likeness (QED) is 0.268. The average Bonchev–Trinajstić information content (AvgIpc) is 3.40. The molecular weight excluding hydrogens is 462 g/mol. The molecule has 0 saturated carbocycles. The van der Waals surface area contributed by atoms with Crippen molar-refractivity contribution < 1.29 is 28.7 Å². The van der Waals surface area contributed by atoms with Crippen molar-refractivity contribution in [1.82, 2.24) is 15.1 Å². The summed E-state index contributed by atoms with van der Waals surface area (Å²) < 4.78 is 5.42. The Morgan fingerprint density at radius 2 is 1.61 bits per heavy atom. The van der Waals surface area contributed by atoms with Gasteiger partial charge in [-0.2, -0.15) is 0 Å². The van der Waals surface area contributed by atoms with Crippen molar-refractivity contribution in [2.24, 2.45) is 5.92 Å². The molecule has 0 aromatic heterocycles. The number of hydrogen-bond acceptors (Lipinski definition) is 6. The molecule has 9 heteroatoms. The van der Waals surface area contributed by atoms with Crippen LogP contribution in [0.2, 0.25) is 0 Å². The summed E-state index contributed by atoms with van der Waals surface area (Å²) in [5.74, 6) is 0.111. The predicted octanol–water partition coefficient (Wildman–Crippen LogP) is 3.75. The van der Waals surface area contributed by atoms with Gasteiger partial charge in [0.25, 0.3) is 11.8 Å². The molecule has 0 spiro atoms. The molecular formula is C27H43N3O6. The van der Waals surface area contributed by atoms with Crippen LogP contribution in [0.15, 0.2) is 12.2 Å². The summed E-state index contributed by atoms with van der Waals surface area (Å²) in [6.45, 7) is 7.94. The first-order valence-corrected chi connectivity index (χ1v) is 13.3. The number of likely N-dealkylation sites (tertiary alicyclic amines) is 1. The highest BCUT2D eigenvalue weighted by Crippen LogP contribution is 2.23. The van der Waals surface area contributed by atoms with Crippen LogP contribution in [0.1, 0.15) is 91.4 Å². The summed E-state index contributed by atoms with van der Waals surface area (Å²) in [5, 5.41) is 2.91. The largest absolute Gasteiger partial charge is 0.444 e. The second-order valence-electron chi connectivity index (χ2n) is 10.8. The zero-order valence-corrected chi connectivity index (χ0v) is 22.2. The lowest BCUT2D eigenvalue weighted by Gasteiger charge is -2.24. The lowest BCUT2D eigenvalue weighted by molar-refractivity contribution is -0.137. The zero-order chi connectivity index (χ0) is 26.6. The summed E-state index contributed by atoms with van der Waals surface area (Å²) in [7, 11) is 0. The van der Waals surface area contributed by atoms with E-state index >= 15 is 0 Å². The third-order valence-electron chi connectivity index (χ3n) is 6.41. The van der Waals surface area contributed by atoms with Crippen molar-refractivity contribution in [2.45, 2.75) is 97.0 Å². The molecule has 9 nitrogen and oxygen atoms in total. The maximum absolute atomic E-state index is 12.2. The van der Waals surface area contributed by atoms with E-state index in [1.54, 1.807) is 4.90 Å². The Morgan fingerprint density at radius 1 is 0.944 bits per heavy atom. The molecule has 2 aliphatic heterocycles. The number of hydrogen-bond donors (Lipinski definition) is 1. The van der Waals surface area contributed by atoms with Crippen LogP contribution in [-0.2, 0) is 23.9 Å². The molecule has 0 aromatic carbocycles. The van der Waals surface area contributed by atoms with Gasteiger partial charge in [-0.05, 0) is 65.2 Å². The second kappa shape index (κ2) is 14.8. The number of Topliss-reactive ketones (excluding diaryl/α,β-unsaturated/α-hetero) is 1. The molecule has 4 amide bonds. The van der Waals surface area contributed by atoms with E-state index < -0.39 is 5.60 Å². The Labute approximate surface area is 215 Å². The van der Waals surface area contributed by atoms with Crippen molar-refractivity contribution in [3.8, 4) is 0 Å². The van der Waals surface area contributed by atoms with Crippen LogP contribution >= 0.6 is 0 Å². The molecule has 2 heterocycles. The molecule has 0 bridgehead atoms. The van der Waals surface area contributed by atoms with Crippen molar-refractivity contribution in [3.63, 3.8) is 0 Å². The Balaban J connectivity index is 1.41. The van der Waals surface area contributed by atoms with Crippen LogP contribution in [0.4, 0.5) is 4.79 Å². The lowest BCUT2D eigenvalue weighted by Crippen LogP contribution is -2.35. The van der Waals surface area contributed by atoms with Crippen molar-refractivity contribution in [1.29, 1.82) is 0 Å². The number of amides is 4. The van der Waals surface area contributed by atoms with Gasteiger partial charge in [0.05, 0.1) is 0 Å². The van der Waals surface area contributed by atoms with Gasteiger partial charge in [-0.15, -0.1) is 0 Å². The van der Waals surface area contributed by atoms with Gasteiger partial charge in [0.15, 0.2) is 0 Å². The van der Waals surface area contributed by atoms with E-state index in [0.717, 1.165) is 44.9 Å². The van der Waals surface area contributed by atoms with Crippen LogP contribution in [0.5, 0.6) is 0 Å². The highest BCUT2D eigenvalue weighted by atomic mass is 16.6. The molecule has 1 N–H and O–H groups in total. The van der Waals surface area contributed by atoms with Crippen LogP contribution in [-0.4, -0.2) is 71.2 Å². The number of nitrogens with one attached hydrogen (secondary N) is 1. The SMILES string of the molecule is CC(C)(C)OC(=O)N1CC[C@H](CCC(=O)CCCCCNC(=O)CCCCCN2C(=O)C=CC2=O)C1. The topological polar surface area (TPSA) is 113 Å². The first-order valence-electron chi connectivity index (χ1n) is 13.3. The normalized spacial score (nSPS) is 17.7. The third kappa shape index (κ3) is 11.4. The molecule has 0 aromatic rings. The number of carbonyl (C=O) groups is 5. The van der Waals surface area contributed by atoms with E-state index in [9.17, 15) is 24.0 Å². The van der Waals surface area contributed by atoms with Crippen molar-refractivity contribution in [3.05, 3.63) is 12.2 Å². The Hall–Kier alpha value is -2.71. The van der Waals surface area contributed by atoms with Gasteiger partial charge in [0, 0.05) is 57.6 Å². The summed E-state index contributed by atoms with van der Waals surface area (Å²) in [4.78, 5) is 62.2. The molecule has 202 valence electrons. The maximum atomic E-state index is 12.2. The van der Waals surface area contributed by atoms with Gasteiger partial charge in [-0.3, -0.25) is 24.1 Å². The monoisotopic (exact) mass is 505 g/mol. The Kier molecular flexibility index (Phi) is 12.1. The highest BCUT2D eigenvalue weighted by molar-refractivity contribution is 6.12. The van der Waals surface area contributed by atoms with Gasteiger partial charge in [0.2, 0.25) is 5.91 Å². The smallest absolute Gasteiger partial charge is 0.410 e. The molecule has 1 atom stereocenters. The van der Waals surface area contributed by atoms with E-state index in [4.69, 9.17) is 4.74 Å². The van der Waals surface area contributed by atoms with Crippen LogP contribution in [0.3, 0.4) is 0 Å². The van der Waals surface area contributed by atoms with Crippen LogP contribution in [0, 0.1) is 5.92 Å². The number of rotatable bonds is 15. The van der Waals surface area contributed by atoms with E-state index in [1.807, 2.05) is 20.8 Å². The summed E-state index contributed by atoms with van der Waals surface area (Å²) in [6.07, 6.45) is 10.4. The fourth-order valence-electron chi connectivity index (χ4n) is 4.37. The van der Waals surface area contributed by atoms with E-state index in [2.05, 4.69) is 5.32 Å². The maximum Gasteiger partial charge on any atom is 0.410 e. The van der Waals surface area contributed by atoms with E-state index in [0.29, 0.717) is 57.8 Å². The van der Waals surface area contributed by atoms with Crippen molar-refractivity contribution in [2.75, 3.05) is 26.2 Å². The van der Waals surface area contributed by atoms with Gasteiger partial charge in [-0.1, -0.05) is 12.8 Å². The fraction of sp³-hybridized carbons (Fsp3) is 0.741. The molecule has 2 aliphatic rings. The number of imide groups is 1. The summed E-state index contributed by atoms with van der Waals surface area (Å²) in [6, 6.07) is 0. The number of ether oxygens (including phenoxy) is 1. The number of carbonyl (C=O) groups excluding carboxylic acids is 5. The molecule has 0 unspecified atom stereocenters. The molecule has 36 heavy (non-hydrogen) atoms. The van der Waals surface area contributed by atoms with Gasteiger partial charge < -0.3 is 15.0 Å². The minimum atomic E-state index is -0.494. The molecule has 2 rings (SSSR count). The predicted molar refractivity (Wildman–Crippen MR) is 136 cm³/mol. The number of nitrogens with zero attached hydrogens (tertiary/aromatic N) is 2. The number of ketones is 1. The molecule has 1 fully saturated rings. The molecule has 0 radical (unpaired) electrons. The lowest BCUT2D eigenvalue weighted by atomic mass is 9.99. The first kappa shape index (κ1) is 29.5. The van der Waals surface area contributed by atoms with Crippen LogP contribution in [0.25, 0.3) is 0 Å². The minimum Gasteiger partial charge on any atom is -0.444 e. The average molecular weight is 506 g/mol. The third-order valence-corrected chi connectivity index (χ3v) is 6.41. The van der Waals surface area contributed by atoms with Gasteiger partial charge in [-0.25, -0.2) is 4.79 Å². The van der Waals surface area contributed by atoms with E-state index in [-0.39, 0.29) is 29.6 Å². The zero-order valence-electron chi connectivity index (χ0n) is 22.2. The summed E-state index contributed by atoms with van der Waals surface area (Å²) >= 11 is 0. The Morgan fingerprint density at radius 3 is 2.31 bits per heavy atom. The van der Waals surface area contributed by atoms with E-state index in [1.165, 1.54) is 17.1 Å². The Bertz CT molecular complexity index is 799. The van der Waals surface area contributed by atoms with Crippen molar-refractivity contribution >= 4 is 29.6 Å². The van der Waals surface area contributed by atoms with Gasteiger partial charge in [0.1, 0.15) is 11.4 Å².